The quantitative estimate of drug-likeness (QED) is 0.715. The fraction of sp³-hybridized carbons (Fsp3) is 0.0833. The molecule has 0 bridgehead atoms. The Hall–Kier alpha value is -1.32. The minimum Gasteiger partial charge on any atom is -0.191 e. The molecule has 0 atom stereocenters. The van der Waals surface area contributed by atoms with Gasteiger partial charge in [0.05, 0.1) is 5.56 Å². The van der Waals surface area contributed by atoms with Gasteiger partial charge < -0.3 is 0 Å². The summed E-state index contributed by atoms with van der Waals surface area (Å²) < 4.78 is 38.3. The van der Waals surface area contributed by atoms with E-state index < -0.39 is 11.7 Å². The van der Waals surface area contributed by atoms with E-state index in [1.54, 1.807) is 12.1 Å². The number of alkyl halides is 3. The zero-order chi connectivity index (χ0) is 13.3. The molecule has 0 amide bonds. The maximum atomic E-state index is 12.6. The van der Waals surface area contributed by atoms with Crippen LogP contribution in [-0.2, 0) is 6.18 Å². The number of rotatable bonds is 1. The zero-order valence-electron chi connectivity index (χ0n) is 8.75. The van der Waals surface area contributed by atoms with Gasteiger partial charge in [0.2, 0.25) is 0 Å². The molecule has 0 aliphatic rings. The van der Waals surface area contributed by atoms with E-state index in [1.165, 1.54) is 6.07 Å². The maximum absolute atomic E-state index is 12.6. The van der Waals surface area contributed by atoms with Crippen LogP contribution in [0.15, 0.2) is 34.8 Å². The largest absolute Gasteiger partial charge is 0.416 e. The number of hydrogen-bond donors (Lipinski definition) is 0. The number of thiophene rings is 1. The fourth-order valence-corrected chi connectivity index (χ4v) is 2.99. The summed E-state index contributed by atoms with van der Waals surface area (Å²) in [5, 5.41) is 8.81. The van der Waals surface area contributed by atoms with Gasteiger partial charge in [-0.2, -0.15) is 18.4 Å². The number of halogens is 4. The van der Waals surface area contributed by atoms with Gasteiger partial charge in [-0.05, 0) is 39.7 Å². The first-order valence-electron chi connectivity index (χ1n) is 4.79. The van der Waals surface area contributed by atoms with Crippen LogP contribution in [0.3, 0.4) is 0 Å². The van der Waals surface area contributed by atoms with Crippen LogP contribution in [0.25, 0.3) is 10.4 Å². The highest BCUT2D eigenvalue weighted by atomic mass is 79.9. The molecule has 0 spiro atoms. The van der Waals surface area contributed by atoms with Crippen molar-refractivity contribution in [3.8, 4) is 16.5 Å². The summed E-state index contributed by atoms with van der Waals surface area (Å²) in [4.78, 5) is 1.08. The van der Waals surface area contributed by atoms with E-state index in [0.717, 1.165) is 23.5 Å². The molecule has 0 unspecified atom stereocenters. The SMILES string of the molecule is N#Cc1sc(-c2cccc(C(F)(F)F)c2)cc1Br. The van der Waals surface area contributed by atoms with E-state index >= 15 is 0 Å². The van der Waals surface area contributed by atoms with Crippen LogP contribution in [0.2, 0.25) is 0 Å². The van der Waals surface area contributed by atoms with E-state index in [1.807, 2.05) is 6.07 Å². The van der Waals surface area contributed by atoms with E-state index in [2.05, 4.69) is 15.9 Å². The second kappa shape index (κ2) is 4.75. The summed E-state index contributed by atoms with van der Waals surface area (Å²) in [6.45, 7) is 0. The van der Waals surface area contributed by atoms with Crippen LogP contribution in [0.5, 0.6) is 0 Å². The molecule has 0 radical (unpaired) electrons. The molecule has 0 fully saturated rings. The highest BCUT2D eigenvalue weighted by Gasteiger charge is 2.30. The van der Waals surface area contributed by atoms with Crippen molar-refractivity contribution in [3.05, 3.63) is 45.2 Å². The van der Waals surface area contributed by atoms with E-state index in [-0.39, 0.29) is 0 Å². The first-order chi connectivity index (χ1) is 8.41. The van der Waals surface area contributed by atoms with Crippen LogP contribution in [0.4, 0.5) is 13.2 Å². The Morgan fingerprint density at radius 1 is 1.22 bits per heavy atom. The molecule has 0 saturated carbocycles. The monoisotopic (exact) mass is 331 g/mol. The lowest BCUT2D eigenvalue weighted by Gasteiger charge is -2.07. The number of nitriles is 1. The third-order valence-corrected chi connectivity index (χ3v) is 4.24. The molecule has 92 valence electrons. The van der Waals surface area contributed by atoms with Gasteiger partial charge in [0, 0.05) is 9.35 Å². The summed E-state index contributed by atoms with van der Waals surface area (Å²) >= 11 is 4.35. The maximum Gasteiger partial charge on any atom is 0.416 e. The van der Waals surface area contributed by atoms with Crippen LogP contribution in [0.1, 0.15) is 10.4 Å². The van der Waals surface area contributed by atoms with Crippen molar-refractivity contribution >= 4 is 27.3 Å². The molecule has 2 rings (SSSR count). The zero-order valence-corrected chi connectivity index (χ0v) is 11.2. The molecule has 0 aliphatic carbocycles. The Morgan fingerprint density at radius 2 is 1.94 bits per heavy atom. The lowest BCUT2D eigenvalue weighted by molar-refractivity contribution is -0.137. The Bertz CT molecular complexity index is 625. The molecule has 1 nitrogen and oxygen atoms in total. The Kier molecular flexibility index (Phi) is 3.46. The third-order valence-electron chi connectivity index (χ3n) is 2.26. The van der Waals surface area contributed by atoms with Crippen LogP contribution in [0, 0.1) is 11.3 Å². The molecule has 1 aromatic heterocycles. The van der Waals surface area contributed by atoms with Crippen LogP contribution in [-0.4, -0.2) is 0 Å². The van der Waals surface area contributed by atoms with Crippen molar-refractivity contribution < 1.29 is 13.2 Å². The normalized spacial score (nSPS) is 11.3. The molecular weight excluding hydrogens is 327 g/mol. The van der Waals surface area contributed by atoms with Crippen LogP contribution < -0.4 is 0 Å². The van der Waals surface area contributed by atoms with Crippen molar-refractivity contribution in [2.24, 2.45) is 0 Å². The van der Waals surface area contributed by atoms with Gasteiger partial charge in [-0.25, -0.2) is 0 Å². The lowest BCUT2D eigenvalue weighted by atomic mass is 10.1. The van der Waals surface area contributed by atoms with Gasteiger partial charge in [-0.3, -0.25) is 0 Å². The van der Waals surface area contributed by atoms with Gasteiger partial charge in [0.15, 0.2) is 0 Å². The van der Waals surface area contributed by atoms with Gasteiger partial charge in [-0.1, -0.05) is 12.1 Å². The predicted molar refractivity (Wildman–Crippen MR) is 67.2 cm³/mol. The molecule has 18 heavy (non-hydrogen) atoms. The topological polar surface area (TPSA) is 23.8 Å². The standard InChI is InChI=1S/C12H5BrF3NS/c13-9-5-10(18-11(9)6-17)7-2-1-3-8(4-7)12(14,15)16/h1-5H. The van der Waals surface area contributed by atoms with Crippen molar-refractivity contribution in [2.45, 2.75) is 6.18 Å². The minimum atomic E-state index is -4.36. The molecule has 0 saturated heterocycles. The van der Waals surface area contributed by atoms with Gasteiger partial charge in [-0.15, -0.1) is 11.3 Å². The van der Waals surface area contributed by atoms with E-state index in [9.17, 15) is 13.2 Å². The smallest absolute Gasteiger partial charge is 0.191 e. The minimum absolute atomic E-state index is 0.447. The molecule has 2 aromatic rings. The number of hydrogen-bond acceptors (Lipinski definition) is 2. The average Bonchev–Trinajstić information content (AvgIpc) is 2.70. The molecular formula is C12H5BrF3NS. The Morgan fingerprint density at radius 3 is 2.50 bits per heavy atom. The first-order valence-corrected chi connectivity index (χ1v) is 6.40. The summed E-state index contributed by atoms with van der Waals surface area (Å²) in [6.07, 6.45) is -4.36. The van der Waals surface area contributed by atoms with Crippen LogP contribution >= 0.6 is 27.3 Å². The van der Waals surface area contributed by atoms with Crippen molar-refractivity contribution in [3.63, 3.8) is 0 Å². The second-order valence-corrected chi connectivity index (χ2v) is 5.38. The molecule has 1 heterocycles. The second-order valence-electron chi connectivity index (χ2n) is 3.48. The summed E-state index contributed by atoms with van der Waals surface area (Å²) in [5.41, 5.74) is -0.236. The van der Waals surface area contributed by atoms with Gasteiger partial charge >= 0.3 is 6.18 Å². The third kappa shape index (κ3) is 2.57. The van der Waals surface area contributed by atoms with E-state index in [0.29, 0.717) is 19.8 Å². The van der Waals surface area contributed by atoms with Crippen molar-refractivity contribution in [1.29, 1.82) is 5.26 Å². The number of benzene rings is 1. The van der Waals surface area contributed by atoms with Crippen molar-refractivity contribution in [2.75, 3.05) is 0 Å². The fourth-order valence-electron chi connectivity index (χ4n) is 1.44. The van der Waals surface area contributed by atoms with Crippen molar-refractivity contribution in [1.82, 2.24) is 0 Å². The van der Waals surface area contributed by atoms with E-state index in [4.69, 9.17) is 5.26 Å². The average molecular weight is 332 g/mol. The molecule has 0 aliphatic heterocycles. The Labute approximate surface area is 114 Å². The van der Waals surface area contributed by atoms with Gasteiger partial charge in [0.1, 0.15) is 10.9 Å². The molecule has 1 aromatic carbocycles. The van der Waals surface area contributed by atoms with Gasteiger partial charge in [0.25, 0.3) is 0 Å². The summed E-state index contributed by atoms with van der Waals surface area (Å²) in [5.74, 6) is 0. The predicted octanol–water partition coefficient (Wildman–Crippen LogP) is 5.07. The molecule has 6 heteroatoms. The highest BCUT2D eigenvalue weighted by Crippen LogP contribution is 2.37. The molecule has 0 N–H and O–H groups in total. The lowest BCUT2D eigenvalue weighted by Crippen LogP contribution is -2.04. The summed E-state index contributed by atoms with van der Waals surface area (Å²) in [7, 11) is 0. The first kappa shape index (κ1) is 13.1. The highest BCUT2D eigenvalue weighted by molar-refractivity contribution is 9.10. The Balaban J connectivity index is 2.48. The summed E-state index contributed by atoms with van der Waals surface area (Å²) in [6, 6.07) is 8.69. The number of nitrogens with zero attached hydrogens (tertiary/aromatic N) is 1.